The molecular weight excluding hydrogens is 472 g/mol. The lowest BCUT2D eigenvalue weighted by Crippen LogP contribution is -2.21. The Hall–Kier alpha value is -3.04. The van der Waals surface area contributed by atoms with Crippen molar-refractivity contribution < 1.29 is 22.7 Å². The molecule has 3 aromatic carbocycles. The highest BCUT2D eigenvalue weighted by atomic mass is 79.9. The lowest BCUT2D eigenvalue weighted by atomic mass is 10.3. The molecule has 3 aromatic rings. The SMILES string of the molecule is COc1ccc(NC(=O)COc2ccccc2)cc1S(=O)(=O)Nc1ccc(Br)cc1. The minimum absolute atomic E-state index is 0.102. The zero-order chi connectivity index (χ0) is 21.6. The van der Waals surface area contributed by atoms with Crippen LogP contribution in [0.3, 0.4) is 0 Å². The van der Waals surface area contributed by atoms with Gasteiger partial charge in [-0.2, -0.15) is 0 Å². The van der Waals surface area contributed by atoms with E-state index in [1.165, 1.54) is 19.2 Å². The number of anilines is 2. The van der Waals surface area contributed by atoms with Gasteiger partial charge in [-0.1, -0.05) is 34.1 Å². The van der Waals surface area contributed by atoms with Gasteiger partial charge in [-0.3, -0.25) is 9.52 Å². The van der Waals surface area contributed by atoms with Gasteiger partial charge in [-0.05, 0) is 54.6 Å². The van der Waals surface area contributed by atoms with Crippen molar-refractivity contribution in [1.82, 2.24) is 0 Å². The monoisotopic (exact) mass is 490 g/mol. The second kappa shape index (κ2) is 9.64. The highest BCUT2D eigenvalue weighted by Crippen LogP contribution is 2.29. The zero-order valence-electron chi connectivity index (χ0n) is 16.0. The fourth-order valence-electron chi connectivity index (χ4n) is 2.56. The van der Waals surface area contributed by atoms with E-state index >= 15 is 0 Å². The van der Waals surface area contributed by atoms with Gasteiger partial charge >= 0.3 is 0 Å². The molecule has 0 atom stereocenters. The van der Waals surface area contributed by atoms with Crippen LogP contribution in [-0.2, 0) is 14.8 Å². The summed E-state index contributed by atoms with van der Waals surface area (Å²) in [7, 11) is -2.58. The standard InChI is InChI=1S/C21H19BrN2O5S/c1-28-19-12-11-17(23-21(25)14-29-18-5-3-2-4-6-18)13-20(19)30(26,27)24-16-9-7-15(22)8-10-16/h2-13,24H,14H2,1H3,(H,23,25). The van der Waals surface area contributed by atoms with E-state index in [-0.39, 0.29) is 17.3 Å². The van der Waals surface area contributed by atoms with E-state index in [0.717, 1.165) is 4.47 Å². The summed E-state index contributed by atoms with van der Waals surface area (Å²) in [4.78, 5) is 12.1. The first-order valence-corrected chi connectivity index (χ1v) is 11.1. The number of ether oxygens (including phenoxy) is 2. The summed E-state index contributed by atoms with van der Waals surface area (Å²) < 4.78 is 39.7. The van der Waals surface area contributed by atoms with Crippen molar-refractivity contribution in [2.75, 3.05) is 23.8 Å². The molecule has 1 amide bonds. The Morgan fingerprint density at radius 3 is 2.30 bits per heavy atom. The first-order valence-electron chi connectivity index (χ1n) is 8.81. The van der Waals surface area contributed by atoms with E-state index in [4.69, 9.17) is 9.47 Å². The van der Waals surface area contributed by atoms with E-state index < -0.39 is 15.9 Å². The molecule has 3 rings (SSSR count). The number of carbonyl (C=O) groups excluding carboxylic acids is 1. The van der Waals surface area contributed by atoms with Crippen LogP contribution in [0.4, 0.5) is 11.4 Å². The minimum atomic E-state index is -3.96. The van der Waals surface area contributed by atoms with Crippen LogP contribution in [0, 0.1) is 0 Å². The van der Waals surface area contributed by atoms with Gasteiger partial charge < -0.3 is 14.8 Å². The number of carbonyl (C=O) groups is 1. The van der Waals surface area contributed by atoms with E-state index in [2.05, 4.69) is 26.0 Å². The number of para-hydroxylation sites is 1. The highest BCUT2D eigenvalue weighted by molar-refractivity contribution is 9.10. The quantitative estimate of drug-likeness (QED) is 0.491. The van der Waals surface area contributed by atoms with Gasteiger partial charge in [0.2, 0.25) is 0 Å². The summed E-state index contributed by atoms with van der Waals surface area (Å²) >= 11 is 3.31. The zero-order valence-corrected chi connectivity index (χ0v) is 18.4. The van der Waals surface area contributed by atoms with Gasteiger partial charge in [0.05, 0.1) is 7.11 Å². The fraction of sp³-hybridized carbons (Fsp3) is 0.0952. The van der Waals surface area contributed by atoms with Gasteiger partial charge in [0.25, 0.3) is 15.9 Å². The van der Waals surface area contributed by atoms with Crippen LogP contribution in [0.15, 0.2) is 82.2 Å². The molecule has 0 aromatic heterocycles. The van der Waals surface area contributed by atoms with Crippen LogP contribution in [0.5, 0.6) is 11.5 Å². The molecule has 156 valence electrons. The summed E-state index contributed by atoms with van der Waals surface area (Å²) in [6.07, 6.45) is 0. The molecule has 0 aliphatic carbocycles. The summed E-state index contributed by atoms with van der Waals surface area (Å²) in [5.74, 6) is 0.288. The second-order valence-electron chi connectivity index (χ2n) is 6.13. The van der Waals surface area contributed by atoms with Crippen molar-refractivity contribution in [2.45, 2.75) is 4.90 Å². The third-order valence-corrected chi connectivity index (χ3v) is 5.88. The van der Waals surface area contributed by atoms with Crippen molar-refractivity contribution in [3.05, 3.63) is 77.3 Å². The molecule has 0 spiro atoms. The first-order chi connectivity index (χ1) is 14.4. The molecule has 30 heavy (non-hydrogen) atoms. The average Bonchev–Trinajstić information content (AvgIpc) is 2.74. The van der Waals surface area contributed by atoms with E-state index in [1.54, 1.807) is 54.6 Å². The summed E-state index contributed by atoms with van der Waals surface area (Å²) in [5, 5.41) is 2.63. The number of hydrogen-bond acceptors (Lipinski definition) is 5. The molecule has 0 fully saturated rings. The summed E-state index contributed by atoms with van der Waals surface area (Å²) in [5.41, 5.74) is 0.694. The van der Waals surface area contributed by atoms with Crippen molar-refractivity contribution in [3.63, 3.8) is 0 Å². The molecule has 0 unspecified atom stereocenters. The Morgan fingerprint density at radius 2 is 1.63 bits per heavy atom. The van der Waals surface area contributed by atoms with Gasteiger partial charge in [0.1, 0.15) is 16.4 Å². The number of sulfonamides is 1. The Labute approximate surface area is 183 Å². The van der Waals surface area contributed by atoms with Crippen molar-refractivity contribution >= 4 is 43.2 Å². The maximum absolute atomic E-state index is 12.9. The number of hydrogen-bond donors (Lipinski definition) is 2. The molecule has 9 heteroatoms. The first kappa shape index (κ1) is 21.7. The van der Waals surface area contributed by atoms with Crippen LogP contribution in [0.1, 0.15) is 0 Å². The predicted molar refractivity (Wildman–Crippen MR) is 119 cm³/mol. The molecule has 0 saturated heterocycles. The Morgan fingerprint density at radius 1 is 0.967 bits per heavy atom. The fourth-order valence-corrected chi connectivity index (χ4v) is 4.07. The number of amides is 1. The number of methoxy groups -OCH3 is 1. The largest absolute Gasteiger partial charge is 0.495 e. The molecule has 0 bridgehead atoms. The third-order valence-electron chi connectivity index (χ3n) is 3.95. The average molecular weight is 491 g/mol. The number of benzene rings is 3. The Bertz CT molecular complexity index is 1120. The summed E-state index contributed by atoms with van der Waals surface area (Å²) in [6, 6.07) is 20.0. The normalized spacial score (nSPS) is 10.9. The number of halogens is 1. The highest BCUT2D eigenvalue weighted by Gasteiger charge is 2.21. The minimum Gasteiger partial charge on any atom is -0.495 e. The van der Waals surface area contributed by atoms with Gasteiger partial charge in [0, 0.05) is 15.8 Å². The van der Waals surface area contributed by atoms with Crippen molar-refractivity contribution in [1.29, 1.82) is 0 Å². The Balaban J connectivity index is 1.75. The van der Waals surface area contributed by atoms with Crippen molar-refractivity contribution in [2.24, 2.45) is 0 Å². The molecule has 2 N–H and O–H groups in total. The lowest BCUT2D eigenvalue weighted by Gasteiger charge is -2.14. The summed E-state index contributed by atoms with van der Waals surface area (Å²) in [6.45, 7) is -0.213. The second-order valence-corrected chi connectivity index (χ2v) is 8.69. The van der Waals surface area contributed by atoms with E-state index in [9.17, 15) is 13.2 Å². The lowest BCUT2D eigenvalue weighted by molar-refractivity contribution is -0.118. The molecule has 0 aliphatic heterocycles. The number of nitrogens with one attached hydrogen (secondary N) is 2. The predicted octanol–water partition coefficient (Wildman–Crippen LogP) is 4.28. The third kappa shape index (κ3) is 5.74. The Kier molecular flexibility index (Phi) is 6.96. The molecule has 0 heterocycles. The van der Waals surface area contributed by atoms with Gasteiger partial charge in [-0.15, -0.1) is 0 Å². The number of rotatable bonds is 8. The van der Waals surface area contributed by atoms with E-state index in [0.29, 0.717) is 17.1 Å². The maximum Gasteiger partial charge on any atom is 0.265 e. The van der Waals surface area contributed by atoms with Crippen LogP contribution in [0.2, 0.25) is 0 Å². The molecule has 7 nitrogen and oxygen atoms in total. The van der Waals surface area contributed by atoms with Crippen LogP contribution >= 0.6 is 15.9 Å². The van der Waals surface area contributed by atoms with Gasteiger partial charge in [-0.25, -0.2) is 8.42 Å². The topological polar surface area (TPSA) is 93.7 Å². The molecular formula is C21H19BrN2O5S. The van der Waals surface area contributed by atoms with Crippen molar-refractivity contribution in [3.8, 4) is 11.5 Å². The van der Waals surface area contributed by atoms with Crippen LogP contribution < -0.4 is 19.5 Å². The molecule has 0 aliphatic rings. The van der Waals surface area contributed by atoms with Gasteiger partial charge in [0.15, 0.2) is 6.61 Å². The molecule has 0 saturated carbocycles. The smallest absolute Gasteiger partial charge is 0.265 e. The van der Waals surface area contributed by atoms with Crippen LogP contribution in [0.25, 0.3) is 0 Å². The maximum atomic E-state index is 12.9. The van der Waals surface area contributed by atoms with Crippen LogP contribution in [-0.4, -0.2) is 28.0 Å². The molecule has 0 radical (unpaired) electrons. The van der Waals surface area contributed by atoms with E-state index in [1.807, 2.05) is 6.07 Å².